The summed E-state index contributed by atoms with van der Waals surface area (Å²) >= 11 is 0. The van der Waals surface area contributed by atoms with E-state index >= 15 is 0 Å². The summed E-state index contributed by atoms with van der Waals surface area (Å²) in [5, 5.41) is 33.3. The van der Waals surface area contributed by atoms with Gasteiger partial charge in [0.15, 0.2) is 18.7 Å². The van der Waals surface area contributed by atoms with E-state index in [9.17, 15) is 58.1 Å². The van der Waals surface area contributed by atoms with Crippen LogP contribution in [0.25, 0.3) is 0 Å². The first-order valence-electron chi connectivity index (χ1n) is 18.0. The molecule has 3 saturated heterocycles. The number of phosphoric ester groups is 3. The number of aliphatic hydroxyl groups excluding tert-OH is 3. The summed E-state index contributed by atoms with van der Waals surface area (Å²) in [4.78, 5) is 79.8. The molecule has 0 saturated carbocycles. The number of aliphatic hydroxyl groups is 3. The molecule has 0 radical (unpaired) electrons. The van der Waals surface area contributed by atoms with Crippen LogP contribution >= 0.6 is 23.5 Å². The van der Waals surface area contributed by atoms with Gasteiger partial charge in [0.2, 0.25) is 0 Å². The van der Waals surface area contributed by atoms with Crippen LogP contribution in [0.2, 0.25) is 0 Å². The highest BCUT2D eigenvalue weighted by Gasteiger charge is 2.53. The molecule has 0 aliphatic carbocycles. The number of phosphoric acid groups is 3. The molecule has 6 unspecified atom stereocenters. The van der Waals surface area contributed by atoms with E-state index in [0.29, 0.717) is 4.57 Å². The maximum absolute atomic E-state index is 13.5. The Labute approximate surface area is 352 Å². The lowest BCUT2D eigenvalue weighted by Gasteiger charge is -2.26. The molecule has 6 rings (SSSR count). The van der Waals surface area contributed by atoms with Gasteiger partial charge < -0.3 is 66.1 Å². The Hall–Kier alpha value is -3.91. The summed E-state index contributed by atoms with van der Waals surface area (Å²) in [5.74, 6) is -0.565. The molecule has 0 aromatic carbocycles. The predicted molar refractivity (Wildman–Crippen MR) is 203 cm³/mol. The average Bonchev–Trinajstić information content (AvgIpc) is 3.80. The van der Waals surface area contributed by atoms with Gasteiger partial charge in [-0.25, -0.2) is 28.1 Å². The molecule has 15 atom stereocenters. The Morgan fingerprint density at radius 2 is 0.873 bits per heavy atom. The van der Waals surface area contributed by atoms with Crippen molar-refractivity contribution in [1.29, 1.82) is 0 Å². The first-order chi connectivity index (χ1) is 29.5. The molecule has 3 aromatic heterocycles. The molecular weight excluding hydrogens is 919 g/mol. The van der Waals surface area contributed by atoms with E-state index in [1.54, 1.807) is 0 Å². The number of nitrogens with two attached hydrogens (primary N) is 3. The van der Waals surface area contributed by atoms with Gasteiger partial charge in [-0.1, -0.05) is 0 Å². The minimum atomic E-state index is -5.51. The lowest BCUT2D eigenvalue weighted by molar-refractivity contribution is -0.0654. The fraction of sp³-hybridized carbons (Fsp3) is 0.586. The van der Waals surface area contributed by atoms with Gasteiger partial charge in [0.1, 0.15) is 72.4 Å². The van der Waals surface area contributed by atoms with Crippen LogP contribution in [0.3, 0.4) is 0 Å². The van der Waals surface area contributed by atoms with Gasteiger partial charge in [0.25, 0.3) is 0 Å². The zero-order chi connectivity index (χ0) is 46.2. The van der Waals surface area contributed by atoms with Crippen molar-refractivity contribution >= 4 is 40.9 Å². The number of ether oxygens (including phenoxy) is 4. The maximum Gasteiger partial charge on any atom is 0.472 e. The Bertz CT molecular complexity index is 2440. The van der Waals surface area contributed by atoms with Crippen molar-refractivity contribution in [3.63, 3.8) is 0 Å². The topological polar surface area (TPSA) is 448 Å². The minimum Gasteiger partial charge on any atom is -0.386 e. The summed E-state index contributed by atoms with van der Waals surface area (Å²) in [7, 11) is -13.6. The van der Waals surface area contributed by atoms with Gasteiger partial charge in [-0.15, -0.1) is 0 Å². The van der Waals surface area contributed by atoms with Gasteiger partial charge in [0, 0.05) is 32.8 Å². The molecule has 0 amide bonds. The predicted octanol–water partition coefficient (Wildman–Crippen LogP) is -3.94. The standard InChI is InChI=1S/C29H42N9O22P3/c1-51-21-12(56-24(18(21)39)36-6-3-15(30)33-27(36)42)9-54-62(47,48)60-23-14(58-26(20(23)41)38-8-5-17(32)35-29(38)44)11-55-63(49,50)59-22-13(10-53-61(45,46)52-2)57-25(19(22)40)37-7-4-16(31)34-28(37)43/h3-8,12-14,18-26,39-41H,9-11H2,1-2H3,(H,45,46)(H,47,48)(H,49,50)(H2,30,33,42)(H2,31,34,43)(H2,32,35,44)/t12-,13-,14-,18?,19?,20?,21+,22+,23+,24-,25-,26-/m1/s1. The number of rotatable bonds is 18. The van der Waals surface area contributed by atoms with Crippen molar-refractivity contribution in [3.8, 4) is 0 Å². The van der Waals surface area contributed by atoms with Crippen LogP contribution in [0.15, 0.2) is 51.2 Å². The maximum atomic E-state index is 13.5. The Morgan fingerprint density at radius 3 is 1.17 bits per heavy atom. The van der Waals surface area contributed by atoms with Crippen LogP contribution in [0.4, 0.5) is 17.5 Å². The molecule has 3 aliphatic heterocycles. The van der Waals surface area contributed by atoms with Gasteiger partial charge in [-0.2, -0.15) is 15.0 Å². The van der Waals surface area contributed by atoms with E-state index in [0.717, 1.165) is 40.8 Å². The number of hydrogen-bond acceptors (Lipinski definition) is 25. The van der Waals surface area contributed by atoms with E-state index in [2.05, 4.69) is 19.5 Å². The number of nitrogen functional groups attached to an aromatic ring is 3. The second-order valence-corrected chi connectivity index (χ2v) is 18.0. The lowest BCUT2D eigenvalue weighted by atomic mass is 10.1. The molecule has 63 heavy (non-hydrogen) atoms. The molecule has 12 N–H and O–H groups in total. The van der Waals surface area contributed by atoms with Gasteiger partial charge >= 0.3 is 40.5 Å². The highest BCUT2D eigenvalue weighted by Crippen LogP contribution is 2.52. The van der Waals surface area contributed by atoms with Crippen molar-refractivity contribution in [2.24, 2.45) is 0 Å². The van der Waals surface area contributed by atoms with Crippen LogP contribution in [0.1, 0.15) is 18.7 Å². The van der Waals surface area contributed by atoms with Crippen molar-refractivity contribution < 1.29 is 89.8 Å². The third kappa shape index (κ3) is 11.1. The number of hydrogen-bond donors (Lipinski definition) is 9. The quantitative estimate of drug-likeness (QED) is 0.0550. The van der Waals surface area contributed by atoms with E-state index in [1.807, 2.05) is 0 Å². The van der Waals surface area contributed by atoms with Crippen molar-refractivity contribution in [2.75, 3.05) is 51.2 Å². The summed E-state index contributed by atoms with van der Waals surface area (Å²) in [5.41, 5.74) is 13.6. The third-order valence-electron chi connectivity index (χ3n) is 9.52. The number of methoxy groups -OCH3 is 1. The summed E-state index contributed by atoms with van der Waals surface area (Å²) < 4.78 is 93.4. The van der Waals surface area contributed by atoms with Crippen LogP contribution in [-0.2, 0) is 59.8 Å². The van der Waals surface area contributed by atoms with Crippen LogP contribution in [0.5, 0.6) is 0 Å². The molecule has 350 valence electrons. The third-order valence-corrected chi connectivity index (χ3v) is 12.4. The Balaban J connectivity index is 1.19. The van der Waals surface area contributed by atoms with Crippen LogP contribution in [0, 0.1) is 0 Å². The van der Waals surface area contributed by atoms with Crippen molar-refractivity contribution in [2.45, 2.75) is 73.6 Å². The van der Waals surface area contributed by atoms with Crippen LogP contribution < -0.4 is 34.3 Å². The SMILES string of the molecule is CO[C@@H]1C(O)[C@H](n2ccc(N)nc2=O)O[C@@H]1COP(=O)(O)O[C@@H]1C(O)[C@H](n2ccc(N)nc2=O)O[C@@H]1COP(=O)(O)O[C@@H]1C(O)[C@H](n2ccc(N)nc2=O)O[C@@H]1COP(=O)(O)OC. The fourth-order valence-corrected chi connectivity index (χ4v) is 8.95. The lowest BCUT2D eigenvalue weighted by Crippen LogP contribution is -2.39. The molecule has 0 bridgehead atoms. The summed E-state index contributed by atoms with van der Waals surface area (Å²) in [6.07, 6.45) is -17.5. The van der Waals surface area contributed by atoms with Gasteiger partial charge in [-0.3, -0.25) is 40.8 Å². The first-order valence-corrected chi connectivity index (χ1v) is 22.4. The highest BCUT2D eigenvalue weighted by atomic mass is 31.2. The molecular formula is C29H42N9O22P3. The molecule has 6 heterocycles. The monoisotopic (exact) mass is 961 g/mol. The largest absolute Gasteiger partial charge is 0.472 e. The van der Waals surface area contributed by atoms with E-state index in [-0.39, 0.29) is 17.5 Å². The normalized spacial score (nSPS) is 32.6. The molecule has 34 heteroatoms. The average molecular weight is 962 g/mol. The first kappa shape index (κ1) is 48.5. The van der Waals surface area contributed by atoms with E-state index < -0.39 is 134 Å². The fourth-order valence-electron chi connectivity index (χ4n) is 6.58. The molecule has 3 fully saturated rings. The molecule has 3 aromatic rings. The molecule has 0 spiro atoms. The highest BCUT2D eigenvalue weighted by molar-refractivity contribution is 7.48. The zero-order valence-electron chi connectivity index (χ0n) is 32.5. The second kappa shape index (κ2) is 19.3. The number of aromatic nitrogens is 6. The molecule has 3 aliphatic rings. The van der Waals surface area contributed by atoms with Crippen molar-refractivity contribution in [3.05, 3.63) is 68.2 Å². The molecule has 31 nitrogen and oxygen atoms in total. The van der Waals surface area contributed by atoms with E-state index in [4.69, 9.17) is 58.8 Å². The number of nitrogens with zero attached hydrogens (tertiary/aromatic N) is 6. The second-order valence-electron chi connectivity index (χ2n) is 13.6. The summed E-state index contributed by atoms with van der Waals surface area (Å²) in [6.45, 7) is -2.97. The van der Waals surface area contributed by atoms with Gasteiger partial charge in [-0.05, 0) is 18.2 Å². The van der Waals surface area contributed by atoms with E-state index in [1.165, 1.54) is 19.4 Å². The van der Waals surface area contributed by atoms with Crippen molar-refractivity contribution in [1.82, 2.24) is 28.7 Å². The van der Waals surface area contributed by atoms with Crippen LogP contribution in [-0.4, -0.2) is 148 Å². The number of anilines is 3. The summed E-state index contributed by atoms with van der Waals surface area (Å²) in [6, 6.07) is 3.53. The Morgan fingerprint density at radius 1 is 0.571 bits per heavy atom. The Kier molecular flexibility index (Phi) is 14.9. The minimum absolute atomic E-state index is 0.122. The zero-order valence-corrected chi connectivity index (χ0v) is 35.2. The smallest absolute Gasteiger partial charge is 0.386 e. The van der Waals surface area contributed by atoms with Gasteiger partial charge in [0.05, 0.1) is 19.8 Å².